The summed E-state index contributed by atoms with van der Waals surface area (Å²) in [5.41, 5.74) is 0. The Morgan fingerprint density at radius 2 is 2.22 bits per heavy atom. The number of nitrogens with zero attached hydrogens (tertiary/aromatic N) is 2. The zero-order valence-corrected chi connectivity index (χ0v) is 10.6. The van der Waals surface area contributed by atoms with Crippen molar-refractivity contribution in [3.63, 3.8) is 0 Å². The van der Waals surface area contributed by atoms with E-state index in [1.165, 1.54) is 31.7 Å². The second-order valence-corrected chi connectivity index (χ2v) is 5.45. The fourth-order valence-electron chi connectivity index (χ4n) is 2.65. The average molecular weight is 249 g/mol. The van der Waals surface area contributed by atoms with Crippen LogP contribution in [0.4, 0.5) is 10.2 Å². The zero-order valence-electron chi connectivity index (χ0n) is 10.6. The molecule has 2 fully saturated rings. The van der Waals surface area contributed by atoms with Crippen molar-refractivity contribution < 1.29 is 4.39 Å². The van der Waals surface area contributed by atoms with Crippen LogP contribution in [0.15, 0.2) is 18.3 Å². The second-order valence-electron chi connectivity index (χ2n) is 5.45. The van der Waals surface area contributed by atoms with Crippen molar-refractivity contribution in [1.29, 1.82) is 0 Å². The highest BCUT2D eigenvalue weighted by Gasteiger charge is 2.28. The Balaban J connectivity index is 1.73. The van der Waals surface area contributed by atoms with Crippen LogP contribution < -0.4 is 10.2 Å². The van der Waals surface area contributed by atoms with Gasteiger partial charge in [-0.2, -0.15) is 0 Å². The van der Waals surface area contributed by atoms with Gasteiger partial charge in [0, 0.05) is 25.3 Å². The summed E-state index contributed by atoms with van der Waals surface area (Å²) in [5, 5.41) is 3.48. The van der Waals surface area contributed by atoms with Gasteiger partial charge in [-0.25, -0.2) is 9.37 Å². The summed E-state index contributed by atoms with van der Waals surface area (Å²) in [7, 11) is 0. The molecule has 18 heavy (non-hydrogen) atoms. The van der Waals surface area contributed by atoms with E-state index >= 15 is 0 Å². The van der Waals surface area contributed by atoms with Crippen molar-refractivity contribution in [2.75, 3.05) is 24.5 Å². The molecule has 98 valence electrons. The smallest absolute Gasteiger partial charge is 0.165 e. The number of pyridine rings is 1. The first-order valence-electron chi connectivity index (χ1n) is 6.92. The fraction of sp³-hybridized carbons (Fsp3) is 0.643. The van der Waals surface area contributed by atoms with Gasteiger partial charge < -0.3 is 10.2 Å². The lowest BCUT2D eigenvalue weighted by atomic mass is 10.2. The normalized spacial score (nSPS) is 23.3. The highest BCUT2D eigenvalue weighted by atomic mass is 19.1. The van der Waals surface area contributed by atoms with Gasteiger partial charge in [0.05, 0.1) is 0 Å². The molecule has 1 atom stereocenters. The lowest BCUT2D eigenvalue weighted by molar-refractivity contribution is 0.549. The third-order valence-corrected chi connectivity index (χ3v) is 3.82. The maximum Gasteiger partial charge on any atom is 0.165 e. The van der Waals surface area contributed by atoms with Gasteiger partial charge in [-0.1, -0.05) is 0 Å². The Morgan fingerprint density at radius 1 is 1.33 bits per heavy atom. The molecule has 1 saturated heterocycles. The summed E-state index contributed by atoms with van der Waals surface area (Å²) >= 11 is 0. The highest BCUT2D eigenvalue weighted by Crippen LogP contribution is 2.31. The fourth-order valence-corrected chi connectivity index (χ4v) is 2.65. The van der Waals surface area contributed by atoms with Gasteiger partial charge in [-0.3, -0.25) is 0 Å². The molecule has 0 bridgehead atoms. The number of halogens is 1. The summed E-state index contributed by atoms with van der Waals surface area (Å²) in [6.07, 6.45) is 6.66. The Kier molecular flexibility index (Phi) is 3.46. The van der Waals surface area contributed by atoms with E-state index in [1.54, 1.807) is 12.3 Å². The molecule has 3 rings (SSSR count). The summed E-state index contributed by atoms with van der Waals surface area (Å²) in [6, 6.07) is 3.65. The van der Waals surface area contributed by atoms with Crippen LogP contribution in [0.3, 0.4) is 0 Å². The van der Waals surface area contributed by atoms with Gasteiger partial charge in [-0.05, 0) is 50.3 Å². The maximum absolute atomic E-state index is 13.9. The van der Waals surface area contributed by atoms with Crippen molar-refractivity contribution in [1.82, 2.24) is 10.3 Å². The van der Waals surface area contributed by atoms with Crippen molar-refractivity contribution in [2.45, 2.75) is 31.7 Å². The molecular formula is C14H20FN3. The predicted octanol–water partition coefficient (Wildman–Crippen LogP) is 2.19. The SMILES string of the molecule is Fc1cccnc1N(CC1CC1)CC1CCCN1. The van der Waals surface area contributed by atoms with E-state index in [4.69, 9.17) is 0 Å². The van der Waals surface area contributed by atoms with Gasteiger partial charge >= 0.3 is 0 Å². The average Bonchev–Trinajstić information content (AvgIpc) is 3.03. The Labute approximate surface area is 107 Å². The lowest BCUT2D eigenvalue weighted by Crippen LogP contribution is -2.39. The van der Waals surface area contributed by atoms with Crippen LogP contribution in [0.25, 0.3) is 0 Å². The molecule has 0 spiro atoms. The number of hydrogen-bond donors (Lipinski definition) is 1. The zero-order chi connectivity index (χ0) is 12.4. The van der Waals surface area contributed by atoms with E-state index < -0.39 is 0 Å². The molecule has 0 radical (unpaired) electrons. The van der Waals surface area contributed by atoms with Crippen LogP contribution in [0, 0.1) is 11.7 Å². The van der Waals surface area contributed by atoms with Gasteiger partial charge in [0.2, 0.25) is 0 Å². The molecule has 1 saturated carbocycles. The molecule has 1 N–H and O–H groups in total. The van der Waals surface area contributed by atoms with Crippen LogP contribution in [0.2, 0.25) is 0 Å². The molecular weight excluding hydrogens is 229 g/mol. The number of hydrogen-bond acceptors (Lipinski definition) is 3. The van der Waals surface area contributed by atoms with Crippen molar-refractivity contribution in [3.8, 4) is 0 Å². The monoisotopic (exact) mass is 249 g/mol. The van der Waals surface area contributed by atoms with Crippen LogP contribution in [0.1, 0.15) is 25.7 Å². The minimum atomic E-state index is -0.198. The first-order valence-corrected chi connectivity index (χ1v) is 6.92. The summed E-state index contributed by atoms with van der Waals surface area (Å²) in [4.78, 5) is 6.36. The quantitative estimate of drug-likeness (QED) is 0.867. The number of nitrogens with one attached hydrogen (secondary N) is 1. The van der Waals surface area contributed by atoms with Crippen LogP contribution in [0.5, 0.6) is 0 Å². The third-order valence-electron chi connectivity index (χ3n) is 3.82. The maximum atomic E-state index is 13.9. The molecule has 4 heteroatoms. The summed E-state index contributed by atoms with van der Waals surface area (Å²) < 4.78 is 13.9. The topological polar surface area (TPSA) is 28.2 Å². The van der Waals surface area contributed by atoms with Gasteiger partial charge in [0.15, 0.2) is 11.6 Å². The van der Waals surface area contributed by atoms with Crippen molar-refractivity contribution >= 4 is 5.82 Å². The van der Waals surface area contributed by atoms with E-state index in [0.29, 0.717) is 11.9 Å². The third kappa shape index (κ3) is 2.80. The molecule has 1 aromatic heterocycles. The molecule has 1 unspecified atom stereocenters. The Bertz CT molecular complexity index is 400. The molecule has 3 nitrogen and oxygen atoms in total. The van der Waals surface area contributed by atoms with Crippen LogP contribution in [-0.4, -0.2) is 30.7 Å². The highest BCUT2D eigenvalue weighted by molar-refractivity contribution is 5.40. The number of anilines is 1. The molecule has 2 aliphatic rings. The number of rotatable bonds is 5. The van der Waals surface area contributed by atoms with E-state index in [2.05, 4.69) is 15.2 Å². The summed E-state index contributed by atoms with van der Waals surface area (Å²) in [6.45, 7) is 2.92. The molecule has 2 heterocycles. The molecule has 1 aliphatic carbocycles. The number of aromatic nitrogens is 1. The molecule has 0 aromatic carbocycles. The molecule has 0 amide bonds. The van der Waals surface area contributed by atoms with Gasteiger partial charge in [0.1, 0.15) is 0 Å². The van der Waals surface area contributed by atoms with Crippen molar-refractivity contribution in [3.05, 3.63) is 24.1 Å². The largest absolute Gasteiger partial charge is 0.352 e. The van der Waals surface area contributed by atoms with Crippen molar-refractivity contribution in [2.24, 2.45) is 5.92 Å². The lowest BCUT2D eigenvalue weighted by Gasteiger charge is -2.27. The van der Waals surface area contributed by atoms with E-state index in [1.807, 2.05) is 0 Å². The Hall–Kier alpha value is -1.16. The van der Waals surface area contributed by atoms with E-state index in [9.17, 15) is 4.39 Å². The van der Waals surface area contributed by atoms with Gasteiger partial charge in [0.25, 0.3) is 0 Å². The summed E-state index contributed by atoms with van der Waals surface area (Å²) in [5.74, 6) is 1.07. The predicted molar refractivity (Wildman–Crippen MR) is 70.2 cm³/mol. The van der Waals surface area contributed by atoms with Gasteiger partial charge in [-0.15, -0.1) is 0 Å². The minimum absolute atomic E-state index is 0.198. The van der Waals surface area contributed by atoms with Crippen LogP contribution in [-0.2, 0) is 0 Å². The minimum Gasteiger partial charge on any atom is -0.352 e. The molecule has 1 aromatic rings. The standard InChI is InChI=1S/C14H20FN3/c15-13-4-2-8-17-14(13)18(9-11-5-6-11)10-12-3-1-7-16-12/h2,4,8,11-12,16H,1,3,5-7,9-10H2. The first kappa shape index (κ1) is 11.9. The Morgan fingerprint density at radius 3 is 2.89 bits per heavy atom. The van der Waals surface area contributed by atoms with E-state index in [-0.39, 0.29) is 5.82 Å². The first-order chi connectivity index (χ1) is 8.83. The van der Waals surface area contributed by atoms with E-state index in [0.717, 1.165) is 25.6 Å². The van der Waals surface area contributed by atoms with Crippen LogP contribution >= 0.6 is 0 Å². The molecule has 1 aliphatic heterocycles. The second kappa shape index (κ2) is 5.22.